The summed E-state index contributed by atoms with van der Waals surface area (Å²) in [7, 11) is 0. The van der Waals surface area contributed by atoms with Gasteiger partial charge in [-0.3, -0.25) is 5.32 Å². The molecule has 2 N–H and O–H groups in total. The third-order valence-electron chi connectivity index (χ3n) is 3.61. The number of imidazole rings is 1. The maximum atomic E-state index is 4.34. The number of nitrogens with zero attached hydrogens (tertiary/aromatic N) is 1. The van der Waals surface area contributed by atoms with E-state index in [0.717, 1.165) is 5.82 Å². The molecule has 21 heavy (non-hydrogen) atoms. The molecule has 0 fully saturated rings. The molecule has 106 valence electrons. The first-order chi connectivity index (χ1) is 10.3. The van der Waals surface area contributed by atoms with Gasteiger partial charge in [-0.1, -0.05) is 60.7 Å². The summed E-state index contributed by atoms with van der Waals surface area (Å²) < 4.78 is 0. The van der Waals surface area contributed by atoms with Crippen molar-refractivity contribution in [1.29, 1.82) is 0 Å². The van der Waals surface area contributed by atoms with Gasteiger partial charge in [-0.05, 0) is 18.1 Å². The summed E-state index contributed by atoms with van der Waals surface area (Å²) in [4.78, 5) is 7.51. The van der Waals surface area contributed by atoms with Crippen LogP contribution in [0.2, 0.25) is 0 Å². The largest absolute Gasteiger partial charge is 0.347 e. The Morgan fingerprint density at radius 2 is 1.48 bits per heavy atom. The number of aromatic nitrogens is 2. The van der Waals surface area contributed by atoms with Crippen LogP contribution in [-0.4, -0.2) is 9.97 Å². The van der Waals surface area contributed by atoms with Gasteiger partial charge in [0.05, 0.1) is 12.1 Å². The van der Waals surface area contributed by atoms with Crippen LogP contribution in [-0.2, 0) is 0 Å². The third-order valence-corrected chi connectivity index (χ3v) is 3.61. The van der Waals surface area contributed by atoms with E-state index in [1.807, 2.05) is 18.3 Å². The zero-order valence-corrected chi connectivity index (χ0v) is 12.0. The average molecular weight is 277 g/mol. The van der Waals surface area contributed by atoms with E-state index in [1.54, 1.807) is 6.20 Å². The van der Waals surface area contributed by atoms with E-state index in [1.165, 1.54) is 11.1 Å². The minimum atomic E-state index is 0.144. The first-order valence-electron chi connectivity index (χ1n) is 7.20. The van der Waals surface area contributed by atoms with Gasteiger partial charge >= 0.3 is 0 Å². The van der Waals surface area contributed by atoms with Crippen molar-refractivity contribution in [2.45, 2.75) is 19.0 Å². The molecule has 1 unspecified atom stereocenters. The van der Waals surface area contributed by atoms with Crippen molar-refractivity contribution >= 4 is 0 Å². The fraction of sp³-hybridized carbons (Fsp3) is 0.167. The molecule has 3 nitrogen and oxygen atoms in total. The van der Waals surface area contributed by atoms with Gasteiger partial charge < -0.3 is 4.98 Å². The molecule has 1 atom stereocenters. The molecule has 0 radical (unpaired) electrons. The topological polar surface area (TPSA) is 40.7 Å². The van der Waals surface area contributed by atoms with Gasteiger partial charge in [0.15, 0.2) is 0 Å². The second-order valence-electron chi connectivity index (χ2n) is 5.12. The Bertz CT molecular complexity index is 608. The van der Waals surface area contributed by atoms with Crippen LogP contribution < -0.4 is 5.32 Å². The predicted octanol–water partition coefficient (Wildman–Crippen LogP) is 3.85. The number of hydrogen-bond donors (Lipinski definition) is 2. The lowest BCUT2D eigenvalue weighted by molar-refractivity contribution is 0.499. The smallest absolute Gasteiger partial charge is 0.122 e. The van der Waals surface area contributed by atoms with Gasteiger partial charge in [0.2, 0.25) is 0 Å². The molecule has 3 heteroatoms. The third kappa shape index (κ3) is 3.20. The molecule has 0 saturated carbocycles. The van der Waals surface area contributed by atoms with Gasteiger partial charge in [0.1, 0.15) is 5.82 Å². The van der Waals surface area contributed by atoms with Crippen LogP contribution in [0.5, 0.6) is 0 Å². The van der Waals surface area contributed by atoms with Gasteiger partial charge in [-0.15, -0.1) is 0 Å². The molecule has 0 bridgehead atoms. The number of benzene rings is 2. The Morgan fingerprint density at radius 3 is 1.95 bits per heavy atom. The summed E-state index contributed by atoms with van der Waals surface area (Å²) in [6.45, 7) is 2.12. The van der Waals surface area contributed by atoms with Crippen LogP contribution in [0.4, 0.5) is 0 Å². The van der Waals surface area contributed by atoms with E-state index in [-0.39, 0.29) is 12.1 Å². The summed E-state index contributed by atoms with van der Waals surface area (Å²) in [5.74, 6) is 0.951. The van der Waals surface area contributed by atoms with Crippen LogP contribution in [0, 0.1) is 0 Å². The Labute approximate surface area is 125 Å². The molecular weight excluding hydrogens is 258 g/mol. The maximum Gasteiger partial charge on any atom is 0.122 e. The molecule has 0 saturated heterocycles. The first-order valence-corrected chi connectivity index (χ1v) is 7.20. The molecule has 0 amide bonds. The minimum Gasteiger partial charge on any atom is -0.347 e. The fourth-order valence-electron chi connectivity index (χ4n) is 2.52. The molecule has 3 aromatic rings. The number of nitrogens with one attached hydrogen (secondary N) is 2. The van der Waals surface area contributed by atoms with Crippen molar-refractivity contribution in [3.63, 3.8) is 0 Å². The van der Waals surface area contributed by atoms with Gasteiger partial charge in [-0.25, -0.2) is 4.98 Å². The molecule has 1 aromatic heterocycles. The summed E-state index contributed by atoms with van der Waals surface area (Å²) >= 11 is 0. The van der Waals surface area contributed by atoms with Crippen molar-refractivity contribution in [1.82, 2.24) is 15.3 Å². The molecule has 0 aliphatic rings. The van der Waals surface area contributed by atoms with Gasteiger partial charge in [0.25, 0.3) is 0 Å². The van der Waals surface area contributed by atoms with Crippen LogP contribution in [0.15, 0.2) is 73.1 Å². The maximum absolute atomic E-state index is 4.34. The van der Waals surface area contributed by atoms with Gasteiger partial charge in [0, 0.05) is 12.4 Å². The average Bonchev–Trinajstić information content (AvgIpc) is 3.09. The van der Waals surface area contributed by atoms with E-state index in [4.69, 9.17) is 0 Å². The van der Waals surface area contributed by atoms with E-state index < -0.39 is 0 Å². The monoisotopic (exact) mass is 277 g/mol. The van der Waals surface area contributed by atoms with Crippen molar-refractivity contribution in [2.24, 2.45) is 0 Å². The summed E-state index contributed by atoms with van der Waals surface area (Å²) in [5.41, 5.74) is 2.50. The highest BCUT2D eigenvalue weighted by atomic mass is 15.0. The molecule has 2 aromatic carbocycles. The Hall–Kier alpha value is -2.39. The molecule has 3 rings (SSSR count). The van der Waals surface area contributed by atoms with E-state index >= 15 is 0 Å². The summed E-state index contributed by atoms with van der Waals surface area (Å²) in [6.07, 6.45) is 3.64. The highest BCUT2D eigenvalue weighted by Crippen LogP contribution is 2.24. The quantitative estimate of drug-likeness (QED) is 0.743. The Kier molecular flexibility index (Phi) is 4.12. The lowest BCUT2D eigenvalue weighted by Crippen LogP contribution is -2.26. The predicted molar refractivity (Wildman–Crippen MR) is 84.9 cm³/mol. The van der Waals surface area contributed by atoms with E-state index in [9.17, 15) is 0 Å². The highest BCUT2D eigenvalue weighted by molar-refractivity contribution is 5.31. The van der Waals surface area contributed by atoms with Crippen LogP contribution >= 0.6 is 0 Å². The Balaban J connectivity index is 1.90. The summed E-state index contributed by atoms with van der Waals surface area (Å²) in [5, 5.41) is 3.66. The van der Waals surface area contributed by atoms with Crippen LogP contribution in [0.25, 0.3) is 0 Å². The van der Waals surface area contributed by atoms with E-state index in [2.05, 4.69) is 70.7 Å². The van der Waals surface area contributed by atoms with Crippen molar-refractivity contribution in [3.05, 3.63) is 90.0 Å². The van der Waals surface area contributed by atoms with Crippen LogP contribution in [0.3, 0.4) is 0 Å². The lowest BCUT2D eigenvalue weighted by Gasteiger charge is -2.23. The van der Waals surface area contributed by atoms with E-state index in [0.29, 0.717) is 0 Å². The standard InChI is InChI=1S/C18H19N3/c1-14(18-19-12-13-20-18)21-17(15-8-4-2-5-9-15)16-10-6-3-7-11-16/h2-14,17,21H,1H3,(H,19,20). The lowest BCUT2D eigenvalue weighted by atomic mass is 9.98. The molecule has 0 aliphatic carbocycles. The molecule has 0 spiro atoms. The SMILES string of the molecule is CC(NC(c1ccccc1)c1ccccc1)c1ncc[nH]1. The number of aromatic amines is 1. The van der Waals surface area contributed by atoms with Crippen molar-refractivity contribution < 1.29 is 0 Å². The number of hydrogen-bond acceptors (Lipinski definition) is 2. The molecular formula is C18H19N3. The zero-order chi connectivity index (χ0) is 14.5. The van der Waals surface area contributed by atoms with Crippen molar-refractivity contribution in [2.75, 3.05) is 0 Å². The molecule has 1 heterocycles. The van der Waals surface area contributed by atoms with Gasteiger partial charge in [-0.2, -0.15) is 0 Å². The first kappa shape index (κ1) is 13.6. The highest BCUT2D eigenvalue weighted by Gasteiger charge is 2.18. The second-order valence-corrected chi connectivity index (χ2v) is 5.12. The number of rotatable bonds is 5. The summed E-state index contributed by atoms with van der Waals surface area (Å²) in [6, 6.07) is 21.3. The Morgan fingerprint density at radius 1 is 0.905 bits per heavy atom. The second kappa shape index (κ2) is 6.37. The zero-order valence-electron chi connectivity index (χ0n) is 12.0. The van der Waals surface area contributed by atoms with Crippen molar-refractivity contribution in [3.8, 4) is 0 Å². The van der Waals surface area contributed by atoms with Crippen LogP contribution in [0.1, 0.15) is 36.0 Å². The number of H-pyrrole nitrogens is 1. The normalized spacial score (nSPS) is 12.5. The molecule has 0 aliphatic heterocycles. The minimum absolute atomic E-state index is 0.144. The fourth-order valence-corrected chi connectivity index (χ4v) is 2.52.